The first-order chi connectivity index (χ1) is 9.19. The number of hydrogen-bond donors (Lipinski definition) is 2. The molecule has 1 atom stereocenters. The van der Waals surface area contributed by atoms with Crippen molar-refractivity contribution in [3.63, 3.8) is 0 Å². The quantitative estimate of drug-likeness (QED) is 0.822. The highest BCUT2D eigenvalue weighted by Crippen LogP contribution is 2.20. The van der Waals surface area contributed by atoms with Crippen LogP contribution in [0.15, 0.2) is 46.7 Å². The fourth-order valence-electron chi connectivity index (χ4n) is 1.67. The normalized spacial score (nSPS) is 11.9. The Bertz CT molecular complexity index is 540. The predicted octanol–water partition coefficient (Wildman–Crippen LogP) is 4.35. The van der Waals surface area contributed by atoms with Crippen molar-refractivity contribution in [2.24, 2.45) is 0 Å². The molecule has 0 spiro atoms. The molecule has 2 rings (SSSR count). The Hall–Kier alpha value is -1.46. The summed E-state index contributed by atoms with van der Waals surface area (Å²) in [4.78, 5) is 14.2. The third kappa shape index (κ3) is 4.01. The Morgan fingerprint density at radius 1 is 1.32 bits per heavy atom. The molecule has 1 aromatic heterocycles. The molecular weight excluding hydrogens is 276 g/mol. The van der Waals surface area contributed by atoms with Gasteiger partial charge >= 0.3 is 6.03 Å². The fraction of sp³-hybridized carbons (Fsp3) is 0.214. The standard InChI is InChI=1S/C14H16N2OS2/c1-10(13-7-4-8-19-13)15-14(17)16-11-5-3-6-12(9-11)18-2/h3-10H,1-2H3,(H2,15,16,17)/t10-/m0/s1. The molecule has 5 heteroatoms. The first-order valence-electron chi connectivity index (χ1n) is 5.94. The number of nitrogens with one attached hydrogen (secondary N) is 2. The zero-order chi connectivity index (χ0) is 13.7. The number of thioether (sulfide) groups is 1. The minimum Gasteiger partial charge on any atom is -0.331 e. The van der Waals surface area contributed by atoms with Gasteiger partial charge in [-0.15, -0.1) is 23.1 Å². The van der Waals surface area contributed by atoms with Crippen molar-refractivity contribution < 1.29 is 4.79 Å². The van der Waals surface area contributed by atoms with Crippen LogP contribution in [0.25, 0.3) is 0 Å². The maximum absolute atomic E-state index is 11.9. The molecule has 2 N–H and O–H groups in total. The molecule has 2 aromatic rings. The molecule has 0 aliphatic carbocycles. The molecule has 1 aromatic carbocycles. The topological polar surface area (TPSA) is 41.1 Å². The van der Waals surface area contributed by atoms with Gasteiger partial charge in [-0.25, -0.2) is 4.79 Å². The minimum atomic E-state index is -0.181. The number of thiophene rings is 1. The average Bonchev–Trinajstić information content (AvgIpc) is 2.92. The summed E-state index contributed by atoms with van der Waals surface area (Å²) in [6, 6.07) is 11.6. The molecule has 0 aliphatic rings. The number of urea groups is 1. The smallest absolute Gasteiger partial charge is 0.319 e. The molecular formula is C14H16N2OS2. The Labute approximate surface area is 121 Å². The number of amides is 2. The maximum atomic E-state index is 11.9. The van der Waals surface area contributed by atoms with Crippen LogP contribution < -0.4 is 10.6 Å². The van der Waals surface area contributed by atoms with E-state index in [2.05, 4.69) is 10.6 Å². The summed E-state index contributed by atoms with van der Waals surface area (Å²) in [5.41, 5.74) is 0.808. The van der Waals surface area contributed by atoms with Crippen LogP contribution >= 0.6 is 23.1 Å². The molecule has 0 saturated carbocycles. The Kier molecular flexibility index (Phi) is 4.87. The highest BCUT2D eigenvalue weighted by molar-refractivity contribution is 7.98. The summed E-state index contributed by atoms with van der Waals surface area (Å²) in [7, 11) is 0. The zero-order valence-corrected chi connectivity index (χ0v) is 12.5. The number of hydrogen-bond acceptors (Lipinski definition) is 3. The number of benzene rings is 1. The van der Waals surface area contributed by atoms with Crippen LogP contribution in [0.1, 0.15) is 17.8 Å². The summed E-state index contributed by atoms with van der Waals surface area (Å²) in [6.07, 6.45) is 2.01. The molecule has 0 aliphatic heterocycles. The van der Waals surface area contributed by atoms with Gasteiger partial charge in [-0.1, -0.05) is 12.1 Å². The van der Waals surface area contributed by atoms with Crippen molar-refractivity contribution in [1.82, 2.24) is 5.32 Å². The molecule has 0 fully saturated rings. The van der Waals surface area contributed by atoms with E-state index in [9.17, 15) is 4.79 Å². The van der Waals surface area contributed by atoms with Gasteiger partial charge in [0.15, 0.2) is 0 Å². The predicted molar refractivity (Wildman–Crippen MR) is 83.1 cm³/mol. The van der Waals surface area contributed by atoms with E-state index in [1.807, 2.05) is 55.0 Å². The van der Waals surface area contributed by atoms with E-state index in [1.165, 1.54) is 0 Å². The van der Waals surface area contributed by atoms with E-state index in [4.69, 9.17) is 0 Å². The number of rotatable bonds is 4. The van der Waals surface area contributed by atoms with E-state index in [1.54, 1.807) is 23.1 Å². The van der Waals surface area contributed by atoms with E-state index in [0.717, 1.165) is 15.5 Å². The second kappa shape index (κ2) is 6.63. The molecule has 0 bridgehead atoms. The van der Waals surface area contributed by atoms with Crippen molar-refractivity contribution >= 4 is 34.8 Å². The second-order valence-electron chi connectivity index (χ2n) is 4.07. The minimum absolute atomic E-state index is 0.0173. The number of carbonyl (C=O) groups excluding carboxylic acids is 1. The van der Waals surface area contributed by atoms with Gasteiger partial charge in [0.05, 0.1) is 6.04 Å². The third-order valence-corrected chi connectivity index (χ3v) is 4.43. The Balaban J connectivity index is 1.93. The Morgan fingerprint density at radius 3 is 2.84 bits per heavy atom. The molecule has 3 nitrogen and oxygen atoms in total. The van der Waals surface area contributed by atoms with Gasteiger partial charge in [0.25, 0.3) is 0 Å². The maximum Gasteiger partial charge on any atom is 0.319 e. The highest BCUT2D eigenvalue weighted by Gasteiger charge is 2.10. The SMILES string of the molecule is CSc1cccc(NC(=O)N[C@@H](C)c2cccs2)c1. The second-order valence-corrected chi connectivity index (χ2v) is 5.93. The summed E-state index contributed by atoms with van der Waals surface area (Å²) in [5.74, 6) is 0. The van der Waals surface area contributed by atoms with Gasteiger partial charge in [0.1, 0.15) is 0 Å². The molecule has 0 unspecified atom stereocenters. The number of anilines is 1. The van der Waals surface area contributed by atoms with Crippen molar-refractivity contribution in [2.45, 2.75) is 17.9 Å². The van der Waals surface area contributed by atoms with Gasteiger partial charge < -0.3 is 10.6 Å². The number of carbonyl (C=O) groups is 1. The van der Waals surface area contributed by atoms with Crippen molar-refractivity contribution in [2.75, 3.05) is 11.6 Å². The van der Waals surface area contributed by atoms with E-state index >= 15 is 0 Å². The van der Waals surface area contributed by atoms with Crippen LogP contribution in [0.5, 0.6) is 0 Å². The fourth-order valence-corrected chi connectivity index (χ4v) is 2.87. The van der Waals surface area contributed by atoms with Crippen LogP contribution in [0, 0.1) is 0 Å². The monoisotopic (exact) mass is 292 g/mol. The lowest BCUT2D eigenvalue weighted by atomic mass is 10.3. The summed E-state index contributed by atoms with van der Waals surface area (Å²) >= 11 is 3.29. The average molecular weight is 292 g/mol. The van der Waals surface area contributed by atoms with E-state index < -0.39 is 0 Å². The molecule has 2 amide bonds. The molecule has 100 valence electrons. The molecule has 19 heavy (non-hydrogen) atoms. The van der Waals surface area contributed by atoms with Crippen molar-refractivity contribution in [3.05, 3.63) is 46.7 Å². The van der Waals surface area contributed by atoms with Crippen molar-refractivity contribution in [3.8, 4) is 0 Å². The van der Waals surface area contributed by atoms with Gasteiger partial charge in [0, 0.05) is 15.5 Å². The molecule has 0 saturated heterocycles. The van der Waals surface area contributed by atoms with Crippen LogP contribution in [-0.2, 0) is 0 Å². The summed E-state index contributed by atoms with van der Waals surface area (Å²) in [5, 5.41) is 7.78. The lowest BCUT2D eigenvalue weighted by Crippen LogP contribution is -2.30. The lowest BCUT2D eigenvalue weighted by Gasteiger charge is -2.13. The van der Waals surface area contributed by atoms with Crippen LogP contribution in [0.2, 0.25) is 0 Å². The van der Waals surface area contributed by atoms with Crippen LogP contribution in [-0.4, -0.2) is 12.3 Å². The first-order valence-corrected chi connectivity index (χ1v) is 8.04. The van der Waals surface area contributed by atoms with Gasteiger partial charge in [-0.05, 0) is 42.8 Å². The Morgan fingerprint density at radius 2 is 2.16 bits per heavy atom. The largest absolute Gasteiger partial charge is 0.331 e. The summed E-state index contributed by atoms with van der Waals surface area (Å²) < 4.78 is 0. The van der Waals surface area contributed by atoms with Crippen molar-refractivity contribution in [1.29, 1.82) is 0 Å². The van der Waals surface area contributed by atoms with Crippen LogP contribution in [0.4, 0.5) is 10.5 Å². The van der Waals surface area contributed by atoms with Gasteiger partial charge in [0.2, 0.25) is 0 Å². The van der Waals surface area contributed by atoms with Gasteiger partial charge in [-0.2, -0.15) is 0 Å². The lowest BCUT2D eigenvalue weighted by molar-refractivity contribution is 0.249. The first kappa shape index (κ1) is 14.0. The highest BCUT2D eigenvalue weighted by atomic mass is 32.2. The van der Waals surface area contributed by atoms with Crippen LogP contribution in [0.3, 0.4) is 0 Å². The summed E-state index contributed by atoms with van der Waals surface area (Å²) in [6.45, 7) is 1.98. The molecule has 0 radical (unpaired) electrons. The van der Waals surface area contributed by atoms with Gasteiger partial charge in [-0.3, -0.25) is 0 Å². The third-order valence-electron chi connectivity index (χ3n) is 2.65. The van der Waals surface area contributed by atoms with E-state index in [-0.39, 0.29) is 12.1 Å². The molecule has 1 heterocycles. The van der Waals surface area contributed by atoms with E-state index in [0.29, 0.717) is 0 Å². The zero-order valence-electron chi connectivity index (χ0n) is 10.8.